The van der Waals surface area contributed by atoms with E-state index in [-0.39, 0.29) is 11.8 Å². The molecular formula is C29H33N5O3. The van der Waals surface area contributed by atoms with Crippen LogP contribution in [-0.2, 0) is 11.2 Å². The van der Waals surface area contributed by atoms with E-state index >= 15 is 0 Å². The van der Waals surface area contributed by atoms with E-state index in [1.165, 1.54) is 17.4 Å². The lowest BCUT2D eigenvalue weighted by molar-refractivity contribution is -0.132. The number of hydrogen-bond donors (Lipinski definition) is 0. The highest BCUT2D eigenvalue weighted by Crippen LogP contribution is 2.29. The summed E-state index contributed by atoms with van der Waals surface area (Å²) in [6.07, 6.45) is 2.53. The number of benzene rings is 1. The molecule has 1 aliphatic heterocycles. The molecule has 0 N–H and O–H groups in total. The van der Waals surface area contributed by atoms with Gasteiger partial charge in [-0.15, -0.1) is 0 Å². The highest BCUT2D eigenvalue weighted by Gasteiger charge is 2.26. The number of aryl methyl sites for hydroxylation is 5. The maximum atomic E-state index is 13.0. The number of carbonyl (C=O) groups is 2. The molecule has 0 unspecified atom stereocenters. The van der Waals surface area contributed by atoms with Crippen LogP contribution in [0.15, 0.2) is 41.0 Å². The van der Waals surface area contributed by atoms with Gasteiger partial charge in [0.05, 0.1) is 17.6 Å². The summed E-state index contributed by atoms with van der Waals surface area (Å²) in [5, 5.41) is 5.87. The Balaban J connectivity index is 1.29. The topological polar surface area (TPSA) is 84.5 Å². The van der Waals surface area contributed by atoms with Gasteiger partial charge >= 0.3 is 0 Å². The third-order valence-electron chi connectivity index (χ3n) is 7.55. The van der Waals surface area contributed by atoms with Gasteiger partial charge in [-0.3, -0.25) is 9.59 Å². The Hall–Kier alpha value is -3.94. The van der Waals surface area contributed by atoms with E-state index in [0.29, 0.717) is 44.8 Å². The van der Waals surface area contributed by atoms with E-state index in [0.717, 1.165) is 39.2 Å². The molecule has 2 amide bonds. The van der Waals surface area contributed by atoms with Crippen molar-refractivity contribution in [1.82, 2.24) is 24.6 Å². The van der Waals surface area contributed by atoms with Gasteiger partial charge in [0.25, 0.3) is 5.91 Å². The molecule has 5 rings (SSSR count). The van der Waals surface area contributed by atoms with Crippen LogP contribution in [0.5, 0.6) is 0 Å². The Morgan fingerprint density at radius 1 is 0.919 bits per heavy atom. The molecule has 0 aliphatic carbocycles. The number of piperazine rings is 1. The summed E-state index contributed by atoms with van der Waals surface area (Å²) in [6, 6.07) is 9.71. The second-order valence-electron chi connectivity index (χ2n) is 9.92. The van der Waals surface area contributed by atoms with Gasteiger partial charge in [0.2, 0.25) is 5.91 Å². The van der Waals surface area contributed by atoms with Gasteiger partial charge in [0, 0.05) is 43.7 Å². The summed E-state index contributed by atoms with van der Waals surface area (Å²) in [5.41, 5.74) is 8.42. The van der Waals surface area contributed by atoms with Crippen LogP contribution in [0, 0.1) is 34.6 Å². The summed E-state index contributed by atoms with van der Waals surface area (Å²) in [6.45, 7) is 12.4. The minimum Gasteiger partial charge on any atom is -0.459 e. The molecule has 0 bridgehead atoms. The first-order valence-electron chi connectivity index (χ1n) is 12.8. The average molecular weight is 500 g/mol. The highest BCUT2D eigenvalue weighted by molar-refractivity contribution is 5.91. The zero-order chi connectivity index (χ0) is 26.3. The molecule has 0 radical (unpaired) electrons. The minimum atomic E-state index is -0.126. The van der Waals surface area contributed by atoms with Gasteiger partial charge in [-0.05, 0) is 87.6 Å². The predicted molar refractivity (Wildman–Crippen MR) is 142 cm³/mol. The third kappa shape index (κ3) is 4.63. The van der Waals surface area contributed by atoms with Crippen molar-refractivity contribution in [2.45, 2.75) is 47.5 Å². The number of amides is 2. The second kappa shape index (κ2) is 9.84. The van der Waals surface area contributed by atoms with Crippen molar-refractivity contribution in [3.63, 3.8) is 0 Å². The molecule has 4 aromatic rings. The molecule has 4 heterocycles. The number of nitrogens with zero attached hydrogens (tertiary/aromatic N) is 5. The third-order valence-corrected chi connectivity index (χ3v) is 7.55. The Morgan fingerprint density at radius 2 is 1.65 bits per heavy atom. The molecule has 0 spiro atoms. The standard InChI is InChI=1S/C29H33N5O3/c1-18-8-9-23(17-19(18)2)34-28-27(22(5)31-34)20(3)24(21(4)30-28)10-11-26(35)32-12-14-33(15-13-32)29(36)25-7-6-16-37-25/h6-9,16-17H,10-15H2,1-5H3. The number of pyridine rings is 1. The SMILES string of the molecule is Cc1ccc(-n2nc(C)c3c(C)c(CCC(=O)N4CCN(C(=O)c5ccco5)CC4)c(C)nc32)cc1C. The molecule has 8 nitrogen and oxygen atoms in total. The second-order valence-corrected chi connectivity index (χ2v) is 9.92. The van der Waals surface area contributed by atoms with E-state index in [9.17, 15) is 9.59 Å². The molecule has 3 aromatic heterocycles. The number of hydrogen-bond acceptors (Lipinski definition) is 5. The van der Waals surface area contributed by atoms with Crippen molar-refractivity contribution in [3.05, 3.63) is 76.0 Å². The molecule has 1 aromatic carbocycles. The van der Waals surface area contributed by atoms with Crippen molar-refractivity contribution in [2.24, 2.45) is 0 Å². The van der Waals surface area contributed by atoms with Gasteiger partial charge < -0.3 is 14.2 Å². The normalized spacial score (nSPS) is 14.0. The van der Waals surface area contributed by atoms with Crippen LogP contribution in [0.3, 0.4) is 0 Å². The first-order chi connectivity index (χ1) is 17.7. The maximum absolute atomic E-state index is 13.0. The van der Waals surface area contributed by atoms with Crippen molar-refractivity contribution in [1.29, 1.82) is 0 Å². The number of carbonyl (C=O) groups excluding carboxylic acids is 2. The van der Waals surface area contributed by atoms with Crippen molar-refractivity contribution >= 4 is 22.8 Å². The largest absolute Gasteiger partial charge is 0.459 e. The first-order valence-corrected chi connectivity index (χ1v) is 12.8. The fourth-order valence-electron chi connectivity index (χ4n) is 5.22. The zero-order valence-corrected chi connectivity index (χ0v) is 22.2. The lowest BCUT2D eigenvalue weighted by Crippen LogP contribution is -2.50. The monoisotopic (exact) mass is 499 g/mol. The van der Waals surface area contributed by atoms with Crippen LogP contribution in [-0.4, -0.2) is 62.6 Å². The summed E-state index contributed by atoms with van der Waals surface area (Å²) in [7, 11) is 0. The Morgan fingerprint density at radius 3 is 2.32 bits per heavy atom. The van der Waals surface area contributed by atoms with E-state index in [2.05, 4.69) is 39.0 Å². The quantitative estimate of drug-likeness (QED) is 0.404. The molecule has 1 aliphatic rings. The van der Waals surface area contributed by atoms with Gasteiger partial charge in [-0.25, -0.2) is 9.67 Å². The summed E-state index contributed by atoms with van der Waals surface area (Å²) >= 11 is 0. The fourth-order valence-corrected chi connectivity index (χ4v) is 5.22. The lowest BCUT2D eigenvalue weighted by atomic mass is 9.99. The average Bonchev–Trinajstić information content (AvgIpc) is 3.53. The van der Waals surface area contributed by atoms with Crippen LogP contribution in [0.2, 0.25) is 0 Å². The van der Waals surface area contributed by atoms with Crippen LogP contribution < -0.4 is 0 Å². The first kappa shape index (κ1) is 24.7. The van der Waals surface area contributed by atoms with Gasteiger partial charge in [0.1, 0.15) is 0 Å². The zero-order valence-electron chi connectivity index (χ0n) is 22.2. The van der Waals surface area contributed by atoms with E-state index in [1.807, 2.05) is 23.4 Å². The van der Waals surface area contributed by atoms with Crippen molar-refractivity contribution in [2.75, 3.05) is 26.2 Å². The van der Waals surface area contributed by atoms with Crippen LogP contribution in [0.1, 0.15) is 50.6 Å². The Bertz CT molecular complexity index is 1480. The molecule has 0 atom stereocenters. The number of aromatic nitrogens is 3. The molecule has 0 saturated carbocycles. The number of rotatable bonds is 5. The molecule has 8 heteroatoms. The summed E-state index contributed by atoms with van der Waals surface area (Å²) < 4.78 is 7.15. The number of fused-ring (bicyclic) bond motifs is 1. The molecule has 1 saturated heterocycles. The molecule has 1 fully saturated rings. The van der Waals surface area contributed by atoms with E-state index in [1.54, 1.807) is 17.0 Å². The van der Waals surface area contributed by atoms with Gasteiger partial charge in [0.15, 0.2) is 11.4 Å². The van der Waals surface area contributed by atoms with Crippen molar-refractivity contribution < 1.29 is 14.0 Å². The molecule has 37 heavy (non-hydrogen) atoms. The minimum absolute atomic E-state index is 0.103. The Kier molecular flexibility index (Phi) is 6.58. The fraction of sp³-hybridized carbons (Fsp3) is 0.379. The van der Waals surface area contributed by atoms with E-state index in [4.69, 9.17) is 14.5 Å². The molecular weight excluding hydrogens is 466 g/mol. The van der Waals surface area contributed by atoms with Crippen LogP contribution in [0.25, 0.3) is 16.7 Å². The smallest absolute Gasteiger partial charge is 0.289 e. The predicted octanol–water partition coefficient (Wildman–Crippen LogP) is 4.47. The molecule has 192 valence electrons. The number of furan rings is 1. The highest BCUT2D eigenvalue weighted by atomic mass is 16.3. The van der Waals surface area contributed by atoms with Gasteiger partial charge in [-0.1, -0.05) is 6.07 Å². The van der Waals surface area contributed by atoms with Gasteiger partial charge in [-0.2, -0.15) is 5.10 Å². The van der Waals surface area contributed by atoms with Crippen molar-refractivity contribution in [3.8, 4) is 5.69 Å². The van der Waals surface area contributed by atoms with Crippen LogP contribution >= 0.6 is 0 Å². The maximum Gasteiger partial charge on any atom is 0.289 e. The summed E-state index contributed by atoms with van der Waals surface area (Å²) in [4.78, 5) is 34.1. The lowest BCUT2D eigenvalue weighted by Gasteiger charge is -2.34. The summed E-state index contributed by atoms with van der Waals surface area (Å²) in [5.74, 6) is 0.315. The van der Waals surface area contributed by atoms with Crippen LogP contribution in [0.4, 0.5) is 0 Å². The van der Waals surface area contributed by atoms with E-state index < -0.39 is 0 Å². The Labute approximate surface area is 216 Å².